The van der Waals surface area contributed by atoms with Crippen LogP contribution in [-0.2, 0) is 15.5 Å². The van der Waals surface area contributed by atoms with Crippen LogP contribution in [0.25, 0.3) is 0 Å². The number of aromatic amines is 1. The van der Waals surface area contributed by atoms with Crippen molar-refractivity contribution < 1.29 is 13.2 Å². The van der Waals surface area contributed by atoms with Crippen LogP contribution in [-0.4, -0.2) is 42.5 Å². The number of H-pyrrole nitrogens is 1. The van der Waals surface area contributed by atoms with Crippen molar-refractivity contribution in [2.75, 3.05) is 13.1 Å². The van der Waals surface area contributed by atoms with Crippen LogP contribution in [0.3, 0.4) is 0 Å². The Morgan fingerprint density at radius 3 is 2.74 bits per heavy atom. The van der Waals surface area contributed by atoms with E-state index in [0.29, 0.717) is 31.1 Å². The number of nitrogens with one attached hydrogen (secondary N) is 1. The second-order valence-electron chi connectivity index (χ2n) is 4.82. The van der Waals surface area contributed by atoms with Gasteiger partial charge in [0.25, 0.3) is 15.0 Å². The molecule has 1 fully saturated rings. The summed E-state index contributed by atoms with van der Waals surface area (Å²) in [6.07, 6.45) is 1.33. The van der Waals surface area contributed by atoms with Gasteiger partial charge in [-0.3, -0.25) is 9.89 Å². The van der Waals surface area contributed by atoms with Gasteiger partial charge in [0.05, 0.1) is 5.69 Å². The maximum Gasteiger partial charge on any atom is 0.275 e. The number of carbonyl (C=O) groups excluding carboxylic acids is 1. The molecule has 1 saturated heterocycles. The van der Waals surface area contributed by atoms with Gasteiger partial charge >= 0.3 is 0 Å². The van der Waals surface area contributed by atoms with Crippen LogP contribution in [0, 0.1) is 5.92 Å². The second-order valence-corrected chi connectivity index (χ2v) is 7.32. The molecule has 0 bridgehead atoms. The molecule has 2 heterocycles. The molecule has 6 nitrogen and oxygen atoms in total. The van der Waals surface area contributed by atoms with Crippen LogP contribution < -0.4 is 0 Å². The topological polar surface area (TPSA) is 83.1 Å². The average molecular weight is 306 g/mol. The lowest BCUT2D eigenvalue weighted by molar-refractivity contribution is 0.0778. The minimum Gasteiger partial charge on any atom is -0.337 e. The molecule has 0 saturated carbocycles. The number of nitrogens with zero attached hydrogens (tertiary/aromatic N) is 2. The monoisotopic (exact) mass is 305 g/mol. The second kappa shape index (κ2) is 5.13. The van der Waals surface area contributed by atoms with Gasteiger partial charge in [0.1, 0.15) is 4.90 Å². The van der Waals surface area contributed by atoms with Gasteiger partial charge in [0.15, 0.2) is 5.69 Å². The number of carbonyl (C=O) groups is 1. The van der Waals surface area contributed by atoms with Crippen molar-refractivity contribution in [1.82, 2.24) is 15.1 Å². The lowest BCUT2D eigenvalue weighted by Crippen LogP contribution is -2.29. The first-order valence-electron chi connectivity index (χ1n) is 6.15. The highest BCUT2D eigenvalue weighted by molar-refractivity contribution is 8.13. The molecule has 8 heteroatoms. The smallest absolute Gasteiger partial charge is 0.275 e. The van der Waals surface area contributed by atoms with E-state index in [0.717, 1.165) is 6.42 Å². The zero-order chi connectivity index (χ0) is 14.2. The Balaban J connectivity index is 2.40. The summed E-state index contributed by atoms with van der Waals surface area (Å²) in [5, 5.41) is 6.43. The van der Waals surface area contributed by atoms with E-state index in [9.17, 15) is 13.2 Å². The quantitative estimate of drug-likeness (QED) is 0.855. The van der Waals surface area contributed by atoms with Gasteiger partial charge in [-0.2, -0.15) is 5.10 Å². The largest absolute Gasteiger partial charge is 0.337 e. The molecule has 19 heavy (non-hydrogen) atoms. The first-order valence-corrected chi connectivity index (χ1v) is 8.46. The van der Waals surface area contributed by atoms with Gasteiger partial charge in [-0.1, -0.05) is 13.8 Å². The number of aryl methyl sites for hydroxylation is 1. The van der Waals surface area contributed by atoms with E-state index >= 15 is 0 Å². The first kappa shape index (κ1) is 14.3. The molecule has 0 spiro atoms. The fourth-order valence-corrected chi connectivity index (χ4v) is 3.63. The fourth-order valence-electron chi connectivity index (χ4n) is 2.28. The lowest BCUT2D eigenvalue weighted by atomic mass is 10.2. The number of hydrogen-bond donors (Lipinski definition) is 1. The van der Waals surface area contributed by atoms with Crippen LogP contribution in [0.2, 0.25) is 0 Å². The summed E-state index contributed by atoms with van der Waals surface area (Å²) < 4.78 is 23.2. The molecule has 1 atom stereocenters. The van der Waals surface area contributed by atoms with Gasteiger partial charge in [-0.25, -0.2) is 8.42 Å². The molecule has 1 N–H and O–H groups in total. The highest BCUT2D eigenvalue weighted by Crippen LogP contribution is 2.26. The molecular weight excluding hydrogens is 290 g/mol. The Hall–Kier alpha value is -1.08. The third-order valence-electron chi connectivity index (χ3n) is 3.30. The number of amides is 1. The predicted octanol–water partition coefficient (Wildman–Crippen LogP) is 1.38. The van der Waals surface area contributed by atoms with Gasteiger partial charge in [0.2, 0.25) is 0 Å². The molecule has 0 radical (unpaired) electrons. The predicted molar refractivity (Wildman–Crippen MR) is 70.7 cm³/mol. The van der Waals surface area contributed by atoms with Crippen molar-refractivity contribution in [2.45, 2.75) is 31.6 Å². The summed E-state index contributed by atoms with van der Waals surface area (Å²) in [6, 6.07) is 0. The average Bonchev–Trinajstić information content (AvgIpc) is 2.92. The van der Waals surface area contributed by atoms with Crippen molar-refractivity contribution in [2.24, 2.45) is 5.92 Å². The zero-order valence-corrected chi connectivity index (χ0v) is 12.4. The van der Waals surface area contributed by atoms with Crippen LogP contribution in [0.4, 0.5) is 0 Å². The normalized spacial score (nSPS) is 19.9. The number of rotatable bonds is 3. The van der Waals surface area contributed by atoms with Gasteiger partial charge in [-0.05, 0) is 18.8 Å². The molecule has 0 aliphatic carbocycles. The van der Waals surface area contributed by atoms with E-state index in [1.807, 2.05) is 0 Å². The third kappa shape index (κ3) is 2.76. The Morgan fingerprint density at radius 2 is 2.26 bits per heavy atom. The molecule has 1 aromatic heterocycles. The maximum absolute atomic E-state index is 12.3. The van der Waals surface area contributed by atoms with E-state index in [1.54, 1.807) is 11.8 Å². The summed E-state index contributed by atoms with van der Waals surface area (Å²) in [5.41, 5.74) is 0.270. The lowest BCUT2D eigenvalue weighted by Gasteiger charge is -2.14. The number of aromatic nitrogens is 2. The fraction of sp³-hybridized carbons (Fsp3) is 0.636. The van der Waals surface area contributed by atoms with Crippen molar-refractivity contribution in [3.63, 3.8) is 0 Å². The first-order chi connectivity index (χ1) is 8.84. The Labute approximate surface area is 116 Å². The van der Waals surface area contributed by atoms with Gasteiger partial charge in [0, 0.05) is 23.8 Å². The molecule has 106 valence electrons. The van der Waals surface area contributed by atoms with Crippen LogP contribution in [0.5, 0.6) is 0 Å². The highest BCUT2D eigenvalue weighted by Gasteiger charge is 2.32. The molecule has 1 unspecified atom stereocenters. The minimum absolute atomic E-state index is 0.0963. The molecule has 0 aromatic carbocycles. The molecular formula is C11H16ClN3O3S. The number of hydrogen-bond acceptors (Lipinski definition) is 4. The summed E-state index contributed by atoms with van der Waals surface area (Å²) in [4.78, 5) is 13.7. The summed E-state index contributed by atoms with van der Waals surface area (Å²) in [7, 11) is 1.42. The summed E-state index contributed by atoms with van der Waals surface area (Å²) >= 11 is 0. The SMILES string of the molecule is CCc1[nH]nc(C(=O)N2CCC(C)C2)c1S(=O)(=O)Cl. The molecule has 1 aliphatic heterocycles. The van der Waals surface area contributed by atoms with Crippen molar-refractivity contribution in [1.29, 1.82) is 0 Å². The minimum atomic E-state index is -3.99. The molecule has 1 aromatic rings. The Morgan fingerprint density at radius 1 is 1.58 bits per heavy atom. The molecule has 2 rings (SSSR count). The van der Waals surface area contributed by atoms with E-state index < -0.39 is 9.05 Å². The van der Waals surface area contributed by atoms with E-state index in [2.05, 4.69) is 17.1 Å². The maximum atomic E-state index is 12.3. The van der Waals surface area contributed by atoms with Crippen LogP contribution in [0.1, 0.15) is 36.5 Å². The van der Waals surface area contributed by atoms with Crippen LogP contribution >= 0.6 is 10.7 Å². The zero-order valence-electron chi connectivity index (χ0n) is 10.8. The number of halogens is 1. The van der Waals surface area contributed by atoms with E-state index in [1.165, 1.54) is 0 Å². The van der Waals surface area contributed by atoms with E-state index in [-0.39, 0.29) is 16.5 Å². The Kier molecular flexibility index (Phi) is 3.87. The standard InChI is InChI=1S/C11H16ClN3O3S/c1-3-8-10(19(12,17)18)9(14-13-8)11(16)15-5-4-7(2)6-15/h7H,3-6H2,1-2H3,(H,13,14). The number of likely N-dealkylation sites (tertiary alicyclic amines) is 1. The van der Waals surface area contributed by atoms with Gasteiger partial charge in [-0.15, -0.1) is 0 Å². The summed E-state index contributed by atoms with van der Waals surface area (Å²) in [6.45, 7) is 5.06. The third-order valence-corrected chi connectivity index (χ3v) is 4.69. The van der Waals surface area contributed by atoms with E-state index in [4.69, 9.17) is 10.7 Å². The van der Waals surface area contributed by atoms with Crippen molar-refractivity contribution >= 4 is 25.6 Å². The van der Waals surface area contributed by atoms with Gasteiger partial charge < -0.3 is 4.90 Å². The van der Waals surface area contributed by atoms with Crippen molar-refractivity contribution in [3.8, 4) is 0 Å². The molecule has 1 amide bonds. The summed E-state index contributed by atoms with van der Waals surface area (Å²) in [5.74, 6) is 0.0455. The van der Waals surface area contributed by atoms with Crippen molar-refractivity contribution in [3.05, 3.63) is 11.4 Å². The highest BCUT2D eigenvalue weighted by atomic mass is 35.7. The molecule has 1 aliphatic rings. The van der Waals surface area contributed by atoms with Crippen LogP contribution in [0.15, 0.2) is 4.90 Å². The Bertz CT molecular complexity index is 596.